The normalized spacial score (nSPS) is 13.4. The standard InChI is InChI=1S/C14H13BrF3NS/c1-9(19-8-12-6-7-13(15)20-12)10-2-4-11(5-3-10)14(16,17)18/h2-7,9,19H,8H2,1H3. The highest BCUT2D eigenvalue weighted by Gasteiger charge is 2.30. The van der Waals surface area contributed by atoms with Crippen LogP contribution in [0.15, 0.2) is 40.2 Å². The van der Waals surface area contributed by atoms with Gasteiger partial charge >= 0.3 is 6.18 Å². The van der Waals surface area contributed by atoms with E-state index in [1.807, 2.05) is 19.1 Å². The van der Waals surface area contributed by atoms with Crippen molar-refractivity contribution in [2.24, 2.45) is 0 Å². The van der Waals surface area contributed by atoms with Crippen molar-refractivity contribution in [3.8, 4) is 0 Å². The molecule has 108 valence electrons. The zero-order chi connectivity index (χ0) is 14.8. The Kier molecular flexibility index (Phi) is 4.88. The summed E-state index contributed by atoms with van der Waals surface area (Å²) in [7, 11) is 0. The molecule has 0 amide bonds. The van der Waals surface area contributed by atoms with Crippen molar-refractivity contribution in [2.75, 3.05) is 0 Å². The molecule has 0 saturated heterocycles. The molecule has 1 heterocycles. The van der Waals surface area contributed by atoms with E-state index in [1.165, 1.54) is 17.0 Å². The summed E-state index contributed by atoms with van der Waals surface area (Å²) in [6.45, 7) is 2.63. The number of halogens is 4. The summed E-state index contributed by atoms with van der Waals surface area (Å²) in [5.74, 6) is 0. The maximum atomic E-state index is 12.5. The van der Waals surface area contributed by atoms with E-state index in [2.05, 4.69) is 21.2 Å². The molecule has 1 aromatic carbocycles. The molecule has 0 bridgehead atoms. The first-order valence-electron chi connectivity index (χ1n) is 6.01. The Morgan fingerprint density at radius 2 is 1.80 bits per heavy atom. The second-order valence-corrected chi connectivity index (χ2v) is 6.98. The highest BCUT2D eigenvalue weighted by molar-refractivity contribution is 9.11. The molecule has 0 aliphatic heterocycles. The molecule has 0 radical (unpaired) electrons. The first-order valence-corrected chi connectivity index (χ1v) is 7.62. The molecular weight excluding hydrogens is 351 g/mol. The fraction of sp³-hybridized carbons (Fsp3) is 0.286. The molecule has 0 spiro atoms. The molecule has 0 aliphatic carbocycles. The van der Waals surface area contributed by atoms with Crippen molar-refractivity contribution >= 4 is 27.3 Å². The minimum Gasteiger partial charge on any atom is -0.305 e. The van der Waals surface area contributed by atoms with Crippen LogP contribution < -0.4 is 5.32 Å². The van der Waals surface area contributed by atoms with E-state index < -0.39 is 11.7 Å². The Morgan fingerprint density at radius 3 is 2.30 bits per heavy atom. The van der Waals surface area contributed by atoms with Crippen molar-refractivity contribution in [1.29, 1.82) is 0 Å². The third-order valence-corrected chi connectivity index (χ3v) is 4.57. The van der Waals surface area contributed by atoms with Crippen LogP contribution in [0, 0.1) is 0 Å². The lowest BCUT2D eigenvalue weighted by atomic mass is 10.1. The molecule has 0 aliphatic rings. The largest absolute Gasteiger partial charge is 0.416 e. The van der Waals surface area contributed by atoms with Gasteiger partial charge in [-0.3, -0.25) is 0 Å². The number of thiophene rings is 1. The topological polar surface area (TPSA) is 12.0 Å². The van der Waals surface area contributed by atoms with Crippen LogP contribution in [-0.4, -0.2) is 0 Å². The van der Waals surface area contributed by atoms with Crippen molar-refractivity contribution in [3.05, 3.63) is 56.2 Å². The molecule has 0 fully saturated rings. The van der Waals surface area contributed by atoms with Crippen LogP contribution in [-0.2, 0) is 12.7 Å². The third-order valence-electron chi connectivity index (χ3n) is 2.95. The molecule has 20 heavy (non-hydrogen) atoms. The van der Waals surface area contributed by atoms with Gasteiger partial charge in [0, 0.05) is 17.5 Å². The van der Waals surface area contributed by atoms with Gasteiger partial charge in [-0.25, -0.2) is 0 Å². The lowest BCUT2D eigenvalue weighted by molar-refractivity contribution is -0.137. The van der Waals surface area contributed by atoms with Crippen molar-refractivity contribution in [2.45, 2.75) is 25.7 Å². The summed E-state index contributed by atoms with van der Waals surface area (Å²) in [6, 6.07) is 9.27. The van der Waals surface area contributed by atoms with Gasteiger partial charge in [0.2, 0.25) is 0 Å². The van der Waals surface area contributed by atoms with E-state index >= 15 is 0 Å². The van der Waals surface area contributed by atoms with Crippen LogP contribution in [0.4, 0.5) is 13.2 Å². The zero-order valence-corrected chi connectivity index (χ0v) is 13.1. The monoisotopic (exact) mass is 363 g/mol. The SMILES string of the molecule is CC(NCc1ccc(Br)s1)c1ccc(C(F)(F)F)cc1. The Balaban J connectivity index is 1.97. The highest BCUT2D eigenvalue weighted by Crippen LogP contribution is 2.30. The smallest absolute Gasteiger partial charge is 0.305 e. The van der Waals surface area contributed by atoms with E-state index in [0.717, 1.165) is 21.5 Å². The first kappa shape index (κ1) is 15.5. The molecule has 1 N–H and O–H groups in total. The van der Waals surface area contributed by atoms with Gasteiger partial charge in [-0.2, -0.15) is 13.2 Å². The number of benzene rings is 1. The fourth-order valence-corrected chi connectivity index (χ4v) is 3.21. The summed E-state index contributed by atoms with van der Waals surface area (Å²) < 4.78 is 38.5. The van der Waals surface area contributed by atoms with Crippen LogP contribution >= 0.6 is 27.3 Å². The second kappa shape index (κ2) is 6.28. The van der Waals surface area contributed by atoms with Crippen molar-refractivity contribution in [3.63, 3.8) is 0 Å². The molecule has 6 heteroatoms. The van der Waals surface area contributed by atoms with Crippen LogP contribution in [0.25, 0.3) is 0 Å². The molecule has 1 nitrogen and oxygen atoms in total. The van der Waals surface area contributed by atoms with Gasteiger partial charge in [0.05, 0.1) is 9.35 Å². The minimum atomic E-state index is -4.28. The average Bonchev–Trinajstić information content (AvgIpc) is 2.81. The lowest BCUT2D eigenvalue weighted by Gasteiger charge is -2.15. The van der Waals surface area contributed by atoms with Crippen LogP contribution in [0.1, 0.15) is 29.0 Å². The molecule has 0 saturated carbocycles. The predicted molar refractivity (Wildman–Crippen MR) is 78.7 cm³/mol. The Morgan fingerprint density at radius 1 is 1.15 bits per heavy atom. The van der Waals surface area contributed by atoms with Gasteiger partial charge < -0.3 is 5.32 Å². The summed E-state index contributed by atoms with van der Waals surface area (Å²) in [5.41, 5.74) is 0.226. The molecule has 1 unspecified atom stereocenters. The van der Waals surface area contributed by atoms with Gasteiger partial charge in [0.25, 0.3) is 0 Å². The summed E-state index contributed by atoms with van der Waals surface area (Å²) >= 11 is 5.03. The quantitative estimate of drug-likeness (QED) is 0.768. The molecule has 1 aromatic heterocycles. The number of hydrogen-bond acceptors (Lipinski definition) is 2. The predicted octanol–water partition coefficient (Wildman–Crippen LogP) is 5.38. The van der Waals surface area contributed by atoms with E-state index in [-0.39, 0.29) is 6.04 Å². The molecule has 2 rings (SSSR count). The van der Waals surface area contributed by atoms with E-state index in [9.17, 15) is 13.2 Å². The van der Waals surface area contributed by atoms with E-state index in [1.54, 1.807) is 11.3 Å². The Labute approximate surface area is 128 Å². The maximum absolute atomic E-state index is 12.5. The summed E-state index contributed by atoms with van der Waals surface area (Å²) in [6.07, 6.45) is -4.28. The second-order valence-electron chi connectivity index (χ2n) is 4.43. The average molecular weight is 364 g/mol. The van der Waals surface area contributed by atoms with Crippen molar-refractivity contribution < 1.29 is 13.2 Å². The highest BCUT2D eigenvalue weighted by atomic mass is 79.9. The Hall–Kier alpha value is -0.850. The lowest BCUT2D eigenvalue weighted by Crippen LogP contribution is -2.17. The van der Waals surface area contributed by atoms with Gasteiger partial charge in [-0.05, 0) is 52.7 Å². The first-order chi connectivity index (χ1) is 9.36. The van der Waals surface area contributed by atoms with E-state index in [0.29, 0.717) is 6.54 Å². The molecule has 2 aromatic rings. The maximum Gasteiger partial charge on any atom is 0.416 e. The zero-order valence-electron chi connectivity index (χ0n) is 10.7. The minimum absolute atomic E-state index is 0.00170. The van der Waals surface area contributed by atoms with Crippen LogP contribution in [0.3, 0.4) is 0 Å². The number of nitrogens with one attached hydrogen (secondary N) is 1. The van der Waals surface area contributed by atoms with Crippen LogP contribution in [0.5, 0.6) is 0 Å². The number of rotatable bonds is 4. The third kappa shape index (κ3) is 4.07. The summed E-state index contributed by atoms with van der Waals surface area (Å²) in [5, 5.41) is 3.30. The van der Waals surface area contributed by atoms with Gasteiger partial charge in [-0.1, -0.05) is 12.1 Å². The van der Waals surface area contributed by atoms with Gasteiger partial charge in [0.1, 0.15) is 0 Å². The van der Waals surface area contributed by atoms with Crippen molar-refractivity contribution in [1.82, 2.24) is 5.32 Å². The van der Waals surface area contributed by atoms with Crippen LogP contribution in [0.2, 0.25) is 0 Å². The van der Waals surface area contributed by atoms with Gasteiger partial charge in [0.15, 0.2) is 0 Å². The number of hydrogen-bond donors (Lipinski definition) is 1. The molecule has 1 atom stereocenters. The van der Waals surface area contributed by atoms with E-state index in [4.69, 9.17) is 0 Å². The summed E-state index contributed by atoms with van der Waals surface area (Å²) in [4.78, 5) is 1.18. The molecular formula is C14H13BrF3NS. The Bertz CT molecular complexity index is 563. The fourth-order valence-electron chi connectivity index (χ4n) is 1.78. The number of alkyl halides is 3. The van der Waals surface area contributed by atoms with Gasteiger partial charge in [-0.15, -0.1) is 11.3 Å².